The Balaban J connectivity index is 2.98. The maximum absolute atomic E-state index is 11.8. The van der Waals surface area contributed by atoms with E-state index in [4.69, 9.17) is 5.11 Å². The molecule has 0 bridgehead atoms. The van der Waals surface area contributed by atoms with Gasteiger partial charge in [0, 0.05) is 18.8 Å². The monoisotopic (exact) mass is 247 g/mol. The topological polar surface area (TPSA) is 84.2 Å². The van der Waals surface area contributed by atoms with Crippen molar-refractivity contribution in [2.24, 2.45) is 0 Å². The van der Waals surface area contributed by atoms with Gasteiger partial charge in [0.2, 0.25) is 0 Å². The van der Waals surface area contributed by atoms with Gasteiger partial charge in [-0.3, -0.25) is 0 Å². The molecule has 92 valence electrons. The van der Waals surface area contributed by atoms with Crippen molar-refractivity contribution in [1.82, 2.24) is 14.3 Å². The Hall–Kier alpha value is -0.920. The second-order valence-electron chi connectivity index (χ2n) is 3.62. The van der Waals surface area contributed by atoms with E-state index in [1.54, 1.807) is 18.4 Å². The summed E-state index contributed by atoms with van der Waals surface area (Å²) in [4.78, 5) is 3.97. The van der Waals surface area contributed by atoms with Gasteiger partial charge >= 0.3 is 0 Å². The van der Waals surface area contributed by atoms with Crippen LogP contribution in [0.1, 0.15) is 19.7 Å². The summed E-state index contributed by atoms with van der Waals surface area (Å²) < 4.78 is 27.7. The number of aliphatic hydroxyl groups is 1. The number of sulfonamides is 1. The lowest BCUT2D eigenvalue weighted by molar-refractivity contribution is 0.265. The first kappa shape index (κ1) is 13.1. The van der Waals surface area contributed by atoms with E-state index in [-0.39, 0.29) is 11.6 Å². The minimum atomic E-state index is -3.63. The number of imidazole rings is 1. The van der Waals surface area contributed by atoms with Crippen LogP contribution in [0.5, 0.6) is 0 Å². The van der Waals surface area contributed by atoms with Gasteiger partial charge in [0.05, 0.1) is 6.61 Å². The highest BCUT2D eigenvalue weighted by Crippen LogP contribution is 2.09. The molecule has 1 rings (SSSR count). The average Bonchev–Trinajstić information content (AvgIpc) is 2.59. The molecule has 16 heavy (non-hydrogen) atoms. The number of aromatic nitrogens is 2. The first-order chi connectivity index (χ1) is 7.40. The quantitative estimate of drug-likeness (QED) is 0.759. The second kappa shape index (κ2) is 4.94. The zero-order valence-corrected chi connectivity index (χ0v) is 10.5. The maximum atomic E-state index is 11.8. The Kier molecular flexibility index (Phi) is 4.06. The summed E-state index contributed by atoms with van der Waals surface area (Å²) in [5.74, 6) is 0.652. The Labute approximate surface area is 95.4 Å². The molecule has 7 heteroatoms. The number of hydrogen-bond donors (Lipinski definition) is 2. The molecule has 1 aromatic heterocycles. The average molecular weight is 247 g/mol. The van der Waals surface area contributed by atoms with Gasteiger partial charge in [-0.2, -0.15) is 0 Å². The Morgan fingerprint density at radius 3 is 2.69 bits per heavy atom. The zero-order valence-electron chi connectivity index (χ0n) is 9.64. The van der Waals surface area contributed by atoms with E-state index in [0.717, 1.165) is 0 Å². The highest BCUT2D eigenvalue weighted by molar-refractivity contribution is 7.89. The maximum Gasteiger partial charge on any atom is 0.259 e. The van der Waals surface area contributed by atoms with E-state index in [2.05, 4.69) is 9.71 Å². The number of nitrogens with one attached hydrogen (secondary N) is 1. The smallest absolute Gasteiger partial charge is 0.259 e. The largest absolute Gasteiger partial charge is 0.395 e. The van der Waals surface area contributed by atoms with E-state index >= 15 is 0 Å². The minimum absolute atomic E-state index is 0.00727. The van der Waals surface area contributed by atoms with Crippen molar-refractivity contribution >= 4 is 10.0 Å². The molecule has 6 nitrogen and oxygen atoms in total. The van der Waals surface area contributed by atoms with Crippen molar-refractivity contribution in [1.29, 1.82) is 0 Å². The third-order valence-corrected chi connectivity index (χ3v) is 3.66. The van der Waals surface area contributed by atoms with Crippen LogP contribution in [0.25, 0.3) is 0 Å². The lowest BCUT2D eigenvalue weighted by atomic mass is 10.4. The molecule has 0 amide bonds. The van der Waals surface area contributed by atoms with Crippen molar-refractivity contribution in [3.8, 4) is 0 Å². The fraction of sp³-hybridized carbons (Fsp3) is 0.667. The van der Waals surface area contributed by atoms with Crippen LogP contribution in [0.15, 0.2) is 11.2 Å². The number of rotatable bonds is 5. The standard InChI is InChI=1S/C9H17N3O3S/c1-4-12-5-9(10-8(12)3)16(14,15)11-7(2)6-13/h5,7,11,13H,4,6H2,1-3H3/t7-/m0/s1. The molecule has 0 aromatic carbocycles. The molecule has 0 aliphatic carbocycles. The molecular formula is C9H17N3O3S. The Bertz CT molecular complexity index is 453. The molecular weight excluding hydrogens is 230 g/mol. The predicted octanol–water partition coefficient (Wildman–Crippen LogP) is -0.129. The molecule has 0 saturated carbocycles. The van der Waals surface area contributed by atoms with Crippen molar-refractivity contribution in [3.63, 3.8) is 0 Å². The van der Waals surface area contributed by atoms with Crippen LogP contribution >= 0.6 is 0 Å². The van der Waals surface area contributed by atoms with Gasteiger partial charge in [-0.05, 0) is 20.8 Å². The molecule has 2 N–H and O–H groups in total. The summed E-state index contributed by atoms with van der Waals surface area (Å²) >= 11 is 0. The van der Waals surface area contributed by atoms with Crippen LogP contribution in [0, 0.1) is 6.92 Å². The van der Waals surface area contributed by atoms with Gasteiger partial charge in [-0.1, -0.05) is 0 Å². The third-order valence-electron chi connectivity index (χ3n) is 2.20. The van der Waals surface area contributed by atoms with Gasteiger partial charge in [0.1, 0.15) is 5.82 Å². The highest BCUT2D eigenvalue weighted by atomic mass is 32.2. The molecule has 0 saturated heterocycles. The van der Waals surface area contributed by atoms with Crippen molar-refractivity contribution in [2.75, 3.05) is 6.61 Å². The fourth-order valence-corrected chi connectivity index (χ4v) is 2.53. The lowest BCUT2D eigenvalue weighted by Crippen LogP contribution is -2.35. The van der Waals surface area contributed by atoms with Gasteiger partial charge in [-0.15, -0.1) is 0 Å². The van der Waals surface area contributed by atoms with Crippen LogP contribution in [0.3, 0.4) is 0 Å². The molecule has 0 aliphatic heterocycles. The predicted molar refractivity (Wildman–Crippen MR) is 59.5 cm³/mol. The third kappa shape index (κ3) is 2.81. The normalized spacial score (nSPS) is 14.0. The molecule has 0 spiro atoms. The molecule has 0 aliphatic rings. The van der Waals surface area contributed by atoms with Gasteiger partial charge in [-0.25, -0.2) is 18.1 Å². The van der Waals surface area contributed by atoms with E-state index < -0.39 is 16.1 Å². The number of aryl methyl sites for hydroxylation is 2. The summed E-state index contributed by atoms with van der Waals surface area (Å²) in [6, 6.07) is -0.517. The van der Waals surface area contributed by atoms with Crippen LogP contribution < -0.4 is 4.72 Å². The molecule has 0 fully saturated rings. The summed E-state index contributed by atoms with van der Waals surface area (Å²) in [7, 11) is -3.63. The van der Waals surface area contributed by atoms with Crippen LogP contribution in [0.4, 0.5) is 0 Å². The first-order valence-corrected chi connectivity index (χ1v) is 6.56. The van der Waals surface area contributed by atoms with Crippen molar-refractivity contribution < 1.29 is 13.5 Å². The van der Waals surface area contributed by atoms with E-state index in [1.165, 1.54) is 6.20 Å². The van der Waals surface area contributed by atoms with Crippen molar-refractivity contribution in [3.05, 3.63) is 12.0 Å². The summed E-state index contributed by atoms with van der Waals surface area (Å²) in [5, 5.41) is 8.79. The Morgan fingerprint density at radius 2 is 2.25 bits per heavy atom. The lowest BCUT2D eigenvalue weighted by Gasteiger charge is -2.09. The van der Waals surface area contributed by atoms with E-state index in [1.807, 2.05) is 6.92 Å². The Morgan fingerprint density at radius 1 is 1.62 bits per heavy atom. The van der Waals surface area contributed by atoms with E-state index in [9.17, 15) is 8.42 Å². The molecule has 1 heterocycles. The number of nitrogens with zero attached hydrogens (tertiary/aromatic N) is 2. The van der Waals surface area contributed by atoms with Gasteiger partial charge < -0.3 is 9.67 Å². The zero-order chi connectivity index (χ0) is 12.3. The SMILES string of the molecule is CCn1cc(S(=O)(=O)N[C@@H](C)CO)nc1C. The molecule has 1 aromatic rings. The number of aliphatic hydroxyl groups excluding tert-OH is 1. The fourth-order valence-electron chi connectivity index (χ4n) is 1.29. The van der Waals surface area contributed by atoms with Gasteiger partial charge in [0.25, 0.3) is 10.0 Å². The first-order valence-electron chi connectivity index (χ1n) is 5.07. The highest BCUT2D eigenvalue weighted by Gasteiger charge is 2.20. The van der Waals surface area contributed by atoms with Crippen LogP contribution in [0.2, 0.25) is 0 Å². The molecule has 0 unspecified atom stereocenters. The van der Waals surface area contributed by atoms with Gasteiger partial charge in [0.15, 0.2) is 5.03 Å². The summed E-state index contributed by atoms with van der Waals surface area (Å²) in [6.07, 6.45) is 1.49. The van der Waals surface area contributed by atoms with Crippen LogP contribution in [-0.4, -0.2) is 35.7 Å². The summed E-state index contributed by atoms with van der Waals surface area (Å²) in [5.41, 5.74) is 0. The number of hydrogen-bond acceptors (Lipinski definition) is 4. The second-order valence-corrected chi connectivity index (χ2v) is 5.28. The molecule has 1 atom stereocenters. The minimum Gasteiger partial charge on any atom is -0.395 e. The van der Waals surface area contributed by atoms with Crippen LogP contribution in [-0.2, 0) is 16.6 Å². The molecule has 0 radical (unpaired) electrons. The van der Waals surface area contributed by atoms with Crippen molar-refractivity contribution in [2.45, 2.75) is 38.4 Å². The summed E-state index contributed by atoms with van der Waals surface area (Å²) in [6.45, 7) is 5.67. The van der Waals surface area contributed by atoms with E-state index in [0.29, 0.717) is 12.4 Å².